The summed E-state index contributed by atoms with van der Waals surface area (Å²) in [6, 6.07) is 18.7. The largest absolute Gasteiger partial charge is 0.301 e. The third kappa shape index (κ3) is 3.25. The number of para-hydroxylation sites is 1. The Morgan fingerprint density at radius 3 is 2.70 bits per heavy atom. The molecule has 0 N–H and O–H groups in total. The predicted octanol–water partition coefficient (Wildman–Crippen LogP) is 5.43. The number of hydrogen-bond acceptors (Lipinski definition) is 2. The van der Waals surface area contributed by atoms with Gasteiger partial charge in [0, 0.05) is 42.4 Å². The lowest BCUT2D eigenvalue weighted by atomic mass is 9.99. The molecule has 1 aliphatic heterocycles. The average molecular weight is 374 g/mol. The van der Waals surface area contributed by atoms with Crippen LogP contribution in [0.4, 0.5) is 0 Å². The number of aromatic nitrogens is 2. The van der Waals surface area contributed by atoms with E-state index in [4.69, 9.17) is 11.6 Å². The summed E-state index contributed by atoms with van der Waals surface area (Å²) >= 11 is 6.00. The number of rotatable bonds is 3. The molecule has 2 aromatic heterocycles. The van der Waals surface area contributed by atoms with E-state index < -0.39 is 0 Å². The van der Waals surface area contributed by atoms with Gasteiger partial charge in [0.25, 0.3) is 0 Å². The van der Waals surface area contributed by atoms with Crippen molar-refractivity contribution in [3.8, 4) is 0 Å². The molecule has 0 atom stereocenters. The maximum atomic E-state index is 6.00. The van der Waals surface area contributed by atoms with E-state index in [1.54, 1.807) is 0 Å². The van der Waals surface area contributed by atoms with Gasteiger partial charge < -0.3 is 4.40 Å². The zero-order chi connectivity index (χ0) is 18.2. The quantitative estimate of drug-likeness (QED) is 0.477. The minimum atomic E-state index is 0.790. The molecule has 0 unspecified atom stereocenters. The van der Waals surface area contributed by atoms with Gasteiger partial charge in [0.05, 0.1) is 5.52 Å². The highest BCUT2D eigenvalue weighted by Crippen LogP contribution is 2.25. The maximum Gasteiger partial charge on any atom is 0.137 e. The van der Waals surface area contributed by atoms with Crippen LogP contribution in [-0.4, -0.2) is 27.4 Å². The fraction of sp³-hybridized carbons (Fsp3) is 0.174. The molecule has 0 saturated heterocycles. The highest BCUT2D eigenvalue weighted by atomic mass is 35.5. The zero-order valence-electron chi connectivity index (χ0n) is 15.0. The topological polar surface area (TPSA) is 20.5 Å². The summed E-state index contributed by atoms with van der Waals surface area (Å²) in [5, 5.41) is 1.96. The summed E-state index contributed by atoms with van der Waals surface area (Å²) in [5.74, 6) is 0. The number of nitrogens with zero attached hydrogens (tertiary/aromatic N) is 3. The second kappa shape index (κ2) is 6.84. The van der Waals surface area contributed by atoms with E-state index in [1.165, 1.54) is 27.6 Å². The Morgan fingerprint density at radius 1 is 1.04 bits per heavy atom. The minimum Gasteiger partial charge on any atom is -0.301 e. The molecule has 0 radical (unpaired) electrons. The van der Waals surface area contributed by atoms with Crippen LogP contribution >= 0.6 is 11.6 Å². The van der Waals surface area contributed by atoms with E-state index in [9.17, 15) is 0 Å². The standard InChI is InChI=1S/C23H20ClN3/c24-21-7-5-18(6-8-21)19-9-11-26(12-10-19)15-17-13-23-25-14-20-3-1-2-4-22(20)27(23)16-17/h1-9,13-14,16H,10-12,15H2. The summed E-state index contributed by atoms with van der Waals surface area (Å²) in [6.45, 7) is 2.98. The van der Waals surface area contributed by atoms with Crippen molar-refractivity contribution < 1.29 is 0 Å². The van der Waals surface area contributed by atoms with Gasteiger partial charge in [0.15, 0.2) is 0 Å². The van der Waals surface area contributed by atoms with E-state index in [2.05, 4.69) is 69.0 Å². The molecule has 0 spiro atoms. The van der Waals surface area contributed by atoms with Crippen molar-refractivity contribution in [3.63, 3.8) is 0 Å². The van der Waals surface area contributed by atoms with Gasteiger partial charge in [-0.05, 0) is 47.4 Å². The normalized spacial score (nSPS) is 15.4. The summed E-state index contributed by atoms with van der Waals surface area (Å²) in [7, 11) is 0. The molecule has 5 rings (SSSR count). The molecule has 3 heterocycles. The fourth-order valence-electron chi connectivity index (χ4n) is 3.87. The first kappa shape index (κ1) is 16.5. The van der Waals surface area contributed by atoms with Crippen molar-refractivity contribution in [2.45, 2.75) is 13.0 Å². The van der Waals surface area contributed by atoms with Crippen molar-refractivity contribution in [2.75, 3.05) is 13.1 Å². The van der Waals surface area contributed by atoms with Crippen LogP contribution in [0.1, 0.15) is 17.5 Å². The molecule has 4 heteroatoms. The van der Waals surface area contributed by atoms with Crippen LogP contribution in [0.5, 0.6) is 0 Å². The van der Waals surface area contributed by atoms with Crippen molar-refractivity contribution in [1.29, 1.82) is 0 Å². The Labute approximate surface area is 163 Å². The number of fused-ring (bicyclic) bond motifs is 3. The van der Waals surface area contributed by atoms with Crippen LogP contribution in [0.3, 0.4) is 0 Å². The highest BCUT2D eigenvalue weighted by Gasteiger charge is 2.14. The van der Waals surface area contributed by atoms with Gasteiger partial charge in [-0.1, -0.05) is 48.0 Å². The number of hydrogen-bond donors (Lipinski definition) is 0. The summed E-state index contributed by atoms with van der Waals surface area (Å²) in [5.41, 5.74) is 6.22. The molecular formula is C23H20ClN3. The summed E-state index contributed by atoms with van der Waals surface area (Å²) < 4.78 is 2.20. The summed E-state index contributed by atoms with van der Waals surface area (Å²) in [4.78, 5) is 7.09. The molecule has 2 aromatic carbocycles. The molecule has 3 nitrogen and oxygen atoms in total. The Hall–Kier alpha value is -2.62. The SMILES string of the molecule is Clc1ccc(C2=CCN(Cc3cc4ncc5ccccc5n4c3)CC2)cc1. The van der Waals surface area contributed by atoms with Crippen LogP contribution in [-0.2, 0) is 6.54 Å². The average Bonchev–Trinajstić information content (AvgIpc) is 3.12. The second-order valence-corrected chi connectivity index (χ2v) is 7.55. The Balaban J connectivity index is 1.35. The molecular weight excluding hydrogens is 354 g/mol. The van der Waals surface area contributed by atoms with Gasteiger partial charge in [0.1, 0.15) is 5.65 Å². The monoisotopic (exact) mass is 373 g/mol. The van der Waals surface area contributed by atoms with Crippen LogP contribution in [0.25, 0.3) is 22.1 Å². The van der Waals surface area contributed by atoms with Crippen LogP contribution in [0.15, 0.2) is 73.1 Å². The molecule has 0 aliphatic carbocycles. The third-order valence-electron chi connectivity index (χ3n) is 5.30. The van der Waals surface area contributed by atoms with Crippen LogP contribution in [0.2, 0.25) is 5.02 Å². The van der Waals surface area contributed by atoms with Gasteiger partial charge in [-0.2, -0.15) is 0 Å². The lowest BCUT2D eigenvalue weighted by molar-refractivity contribution is 0.294. The van der Waals surface area contributed by atoms with E-state index in [0.29, 0.717) is 0 Å². The van der Waals surface area contributed by atoms with Crippen molar-refractivity contribution in [1.82, 2.24) is 14.3 Å². The van der Waals surface area contributed by atoms with Crippen LogP contribution in [0, 0.1) is 0 Å². The smallest absolute Gasteiger partial charge is 0.137 e. The molecule has 0 bridgehead atoms. The lowest BCUT2D eigenvalue weighted by Crippen LogP contribution is -2.27. The van der Waals surface area contributed by atoms with E-state index >= 15 is 0 Å². The van der Waals surface area contributed by atoms with E-state index in [-0.39, 0.29) is 0 Å². The van der Waals surface area contributed by atoms with E-state index in [1.807, 2.05) is 18.3 Å². The van der Waals surface area contributed by atoms with Gasteiger partial charge in [-0.25, -0.2) is 4.98 Å². The highest BCUT2D eigenvalue weighted by molar-refractivity contribution is 6.30. The predicted molar refractivity (Wildman–Crippen MR) is 112 cm³/mol. The molecule has 0 amide bonds. The first-order chi connectivity index (χ1) is 13.3. The van der Waals surface area contributed by atoms with Crippen molar-refractivity contribution in [2.24, 2.45) is 0 Å². The summed E-state index contributed by atoms with van der Waals surface area (Å²) in [6.07, 6.45) is 7.59. The number of halogens is 1. The molecule has 1 aliphatic rings. The van der Waals surface area contributed by atoms with Gasteiger partial charge in [-0.15, -0.1) is 0 Å². The maximum absolute atomic E-state index is 6.00. The fourth-order valence-corrected chi connectivity index (χ4v) is 4.00. The Bertz CT molecular complexity index is 1140. The van der Waals surface area contributed by atoms with Crippen LogP contribution < -0.4 is 0 Å². The minimum absolute atomic E-state index is 0.790. The first-order valence-electron chi connectivity index (χ1n) is 9.28. The van der Waals surface area contributed by atoms with Gasteiger partial charge in [0.2, 0.25) is 0 Å². The first-order valence-corrected chi connectivity index (χ1v) is 9.66. The molecule has 0 fully saturated rings. The Morgan fingerprint density at radius 2 is 1.89 bits per heavy atom. The molecule has 134 valence electrons. The lowest BCUT2D eigenvalue weighted by Gasteiger charge is -2.26. The Kier molecular flexibility index (Phi) is 4.19. The number of benzene rings is 2. The third-order valence-corrected chi connectivity index (χ3v) is 5.55. The van der Waals surface area contributed by atoms with Crippen molar-refractivity contribution in [3.05, 3.63) is 89.2 Å². The molecule has 27 heavy (non-hydrogen) atoms. The zero-order valence-corrected chi connectivity index (χ0v) is 15.7. The van der Waals surface area contributed by atoms with Crippen molar-refractivity contribution >= 4 is 33.7 Å². The molecule has 4 aromatic rings. The second-order valence-electron chi connectivity index (χ2n) is 7.11. The van der Waals surface area contributed by atoms with E-state index in [0.717, 1.165) is 36.7 Å². The van der Waals surface area contributed by atoms with Gasteiger partial charge >= 0.3 is 0 Å². The van der Waals surface area contributed by atoms with Gasteiger partial charge in [-0.3, -0.25) is 4.90 Å². The molecule has 0 saturated carbocycles.